The fraction of sp³-hybridized carbons (Fsp3) is 0.208. The maximum absolute atomic E-state index is 11.1. The van der Waals surface area contributed by atoms with E-state index in [4.69, 9.17) is 0 Å². The van der Waals surface area contributed by atoms with Crippen molar-refractivity contribution in [2.45, 2.75) is 6.04 Å². The maximum atomic E-state index is 11.1. The highest BCUT2D eigenvalue weighted by Crippen LogP contribution is 2.37. The second kappa shape index (κ2) is 8.08. The van der Waals surface area contributed by atoms with E-state index in [9.17, 15) is 5.11 Å². The Morgan fingerprint density at radius 1 is 0.733 bits per heavy atom. The predicted octanol–water partition coefficient (Wildman–Crippen LogP) is 3.64. The molecule has 5 rings (SSSR count). The van der Waals surface area contributed by atoms with E-state index >= 15 is 0 Å². The topological polar surface area (TPSA) is 65.4 Å². The highest BCUT2D eigenvalue weighted by molar-refractivity contribution is 5.85. The number of phenols is 1. The van der Waals surface area contributed by atoms with Gasteiger partial charge in [0.25, 0.3) is 0 Å². The zero-order valence-corrected chi connectivity index (χ0v) is 16.6. The summed E-state index contributed by atoms with van der Waals surface area (Å²) in [6.45, 7) is 3.43. The summed E-state index contributed by atoms with van der Waals surface area (Å²) in [4.78, 5) is 18.2. The summed E-state index contributed by atoms with van der Waals surface area (Å²) in [6.07, 6.45) is 5.36. The van der Waals surface area contributed by atoms with Gasteiger partial charge in [0.1, 0.15) is 17.1 Å². The van der Waals surface area contributed by atoms with Crippen molar-refractivity contribution in [1.82, 2.24) is 19.9 Å². The van der Waals surface area contributed by atoms with Gasteiger partial charge in [0, 0.05) is 55.7 Å². The molecule has 0 bridgehead atoms. The molecular weight excluding hydrogens is 374 g/mol. The minimum absolute atomic E-state index is 0.136. The van der Waals surface area contributed by atoms with Gasteiger partial charge in [0.15, 0.2) is 0 Å². The number of nitrogens with zero attached hydrogens (tertiary/aromatic N) is 5. The van der Waals surface area contributed by atoms with Gasteiger partial charge in [-0.2, -0.15) is 0 Å². The molecule has 1 aliphatic heterocycles. The monoisotopic (exact) mass is 397 g/mol. The standard InChI is InChI=1S/C24H23N5O/c30-24-19(10-9-18-6-5-13-27-22(18)24)23(20-7-1-3-11-25-20)29-16-14-28(15-17-29)21-8-2-4-12-26-21/h1-13,23,30H,14-17H2/t23-/m1/s1. The van der Waals surface area contributed by atoms with Gasteiger partial charge in [-0.1, -0.05) is 30.3 Å². The third-order valence-corrected chi connectivity index (χ3v) is 5.69. The fourth-order valence-corrected chi connectivity index (χ4v) is 4.20. The lowest BCUT2D eigenvalue weighted by Crippen LogP contribution is -2.48. The molecule has 0 spiro atoms. The summed E-state index contributed by atoms with van der Waals surface area (Å²) >= 11 is 0. The van der Waals surface area contributed by atoms with E-state index in [1.165, 1.54) is 0 Å². The lowest BCUT2D eigenvalue weighted by molar-refractivity contribution is 0.206. The summed E-state index contributed by atoms with van der Waals surface area (Å²) in [5, 5.41) is 12.0. The minimum atomic E-state index is -0.136. The lowest BCUT2D eigenvalue weighted by atomic mass is 9.97. The Bertz CT molecular complexity index is 1130. The van der Waals surface area contributed by atoms with E-state index < -0.39 is 0 Å². The van der Waals surface area contributed by atoms with Gasteiger partial charge in [-0.15, -0.1) is 0 Å². The third kappa shape index (κ3) is 3.46. The van der Waals surface area contributed by atoms with E-state index in [1.54, 1.807) is 6.20 Å². The Morgan fingerprint density at radius 2 is 1.50 bits per heavy atom. The second-order valence-electron chi connectivity index (χ2n) is 7.45. The van der Waals surface area contributed by atoms with Gasteiger partial charge in [-0.25, -0.2) is 4.98 Å². The predicted molar refractivity (Wildman–Crippen MR) is 118 cm³/mol. The van der Waals surface area contributed by atoms with Crippen molar-refractivity contribution >= 4 is 16.7 Å². The van der Waals surface area contributed by atoms with Crippen LogP contribution in [0, 0.1) is 0 Å². The van der Waals surface area contributed by atoms with Crippen molar-refractivity contribution in [2.75, 3.05) is 31.1 Å². The molecule has 1 atom stereocenters. The normalized spacial score (nSPS) is 15.9. The quantitative estimate of drug-likeness (QED) is 0.567. The molecule has 1 aliphatic rings. The highest BCUT2D eigenvalue weighted by Gasteiger charge is 2.30. The van der Waals surface area contributed by atoms with Gasteiger partial charge in [-0.3, -0.25) is 14.9 Å². The van der Waals surface area contributed by atoms with Crippen molar-refractivity contribution in [2.24, 2.45) is 0 Å². The molecule has 0 aliphatic carbocycles. The van der Waals surface area contributed by atoms with E-state index in [0.717, 1.165) is 48.6 Å². The molecule has 0 unspecified atom stereocenters. The van der Waals surface area contributed by atoms with Crippen molar-refractivity contribution in [3.8, 4) is 5.75 Å². The van der Waals surface area contributed by atoms with Crippen LogP contribution < -0.4 is 4.90 Å². The number of phenolic OH excluding ortho intramolecular Hbond substituents is 1. The molecule has 30 heavy (non-hydrogen) atoms. The number of rotatable bonds is 4. The van der Waals surface area contributed by atoms with Crippen LogP contribution in [0.15, 0.2) is 79.3 Å². The first kappa shape index (κ1) is 18.5. The largest absolute Gasteiger partial charge is 0.505 e. The third-order valence-electron chi connectivity index (χ3n) is 5.69. The molecule has 6 nitrogen and oxygen atoms in total. The van der Waals surface area contributed by atoms with Crippen LogP contribution in [0.1, 0.15) is 17.3 Å². The molecule has 1 fully saturated rings. The average molecular weight is 397 g/mol. The molecule has 0 amide bonds. The van der Waals surface area contributed by atoms with Gasteiger partial charge in [-0.05, 0) is 30.3 Å². The first-order chi connectivity index (χ1) is 14.8. The van der Waals surface area contributed by atoms with Gasteiger partial charge in [0.2, 0.25) is 0 Å². The summed E-state index contributed by atoms with van der Waals surface area (Å²) in [6, 6.07) is 19.7. The maximum Gasteiger partial charge on any atom is 0.146 e. The smallest absolute Gasteiger partial charge is 0.146 e. The van der Waals surface area contributed by atoms with Gasteiger partial charge >= 0.3 is 0 Å². The Hall–Kier alpha value is -3.51. The van der Waals surface area contributed by atoms with Crippen LogP contribution in [0.2, 0.25) is 0 Å². The Kier molecular flexibility index (Phi) is 4.99. The van der Waals surface area contributed by atoms with E-state index in [1.807, 2.05) is 73.1 Å². The Labute approximate surface area is 175 Å². The van der Waals surface area contributed by atoms with Crippen LogP contribution in [0.4, 0.5) is 5.82 Å². The van der Waals surface area contributed by atoms with Crippen molar-refractivity contribution in [1.29, 1.82) is 0 Å². The van der Waals surface area contributed by atoms with Crippen molar-refractivity contribution < 1.29 is 5.11 Å². The molecule has 4 heterocycles. The Morgan fingerprint density at radius 3 is 2.23 bits per heavy atom. The molecule has 150 valence electrons. The Balaban J connectivity index is 1.49. The van der Waals surface area contributed by atoms with E-state index in [0.29, 0.717) is 5.52 Å². The summed E-state index contributed by atoms with van der Waals surface area (Å²) < 4.78 is 0. The van der Waals surface area contributed by atoms with Crippen LogP contribution in [0.25, 0.3) is 10.9 Å². The number of piperazine rings is 1. The molecule has 0 radical (unpaired) electrons. The summed E-state index contributed by atoms with van der Waals surface area (Å²) in [5.41, 5.74) is 2.39. The van der Waals surface area contributed by atoms with Gasteiger partial charge in [0.05, 0.1) is 11.7 Å². The summed E-state index contributed by atoms with van der Waals surface area (Å²) in [7, 11) is 0. The molecule has 4 aromatic rings. The highest BCUT2D eigenvalue weighted by atomic mass is 16.3. The SMILES string of the molecule is Oc1c([C@H](c2ccccn2)N2CCN(c3ccccn3)CC2)ccc2cccnc12. The lowest BCUT2D eigenvalue weighted by Gasteiger charge is -2.39. The average Bonchev–Trinajstić information content (AvgIpc) is 2.83. The summed E-state index contributed by atoms with van der Waals surface area (Å²) in [5.74, 6) is 1.24. The first-order valence-electron chi connectivity index (χ1n) is 10.2. The molecule has 1 saturated heterocycles. The number of benzene rings is 1. The second-order valence-corrected chi connectivity index (χ2v) is 7.45. The number of anilines is 1. The minimum Gasteiger partial charge on any atom is -0.505 e. The fourth-order valence-electron chi connectivity index (χ4n) is 4.20. The number of aromatic nitrogens is 3. The number of aromatic hydroxyl groups is 1. The molecule has 6 heteroatoms. The number of pyridine rings is 3. The number of hydrogen-bond donors (Lipinski definition) is 1. The van der Waals surface area contributed by atoms with Crippen LogP contribution >= 0.6 is 0 Å². The van der Waals surface area contributed by atoms with Crippen LogP contribution in [-0.4, -0.2) is 51.1 Å². The van der Waals surface area contributed by atoms with Crippen LogP contribution in [0.5, 0.6) is 5.75 Å². The number of fused-ring (bicyclic) bond motifs is 1. The zero-order chi connectivity index (χ0) is 20.3. The molecule has 3 aromatic heterocycles. The first-order valence-corrected chi connectivity index (χ1v) is 10.2. The van der Waals surface area contributed by atoms with Crippen LogP contribution in [-0.2, 0) is 0 Å². The van der Waals surface area contributed by atoms with Crippen LogP contribution in [0.3, 0.4) is 0 Å². The number of hydrogen-bond acceptors (Lipinski definition) is 6. The van der Waals surface area contributed by atoms with Crippen molar-refractivity contribution in [3.63, 3.8) is 0 Å². The van der Waals surface area contributed by atoms with E-state index in [2.05, 4.69) is 24.8 Å². The molecule has 0 saturated carbocycles. The molecule has 1 N–H and O–H groups in total. The zero-order valence-electron chi connectivity index (χ0n) is 16.6. The molecular formula is C24H23N5O. The molecule has 1 aromatic carbocycles. The van der Waals surface area contributed by atoms with Gasteiger partial charge < -0.3 is 10.0 Å². The van der Waals surface area contributed by atoms with E-state index in [-0.39, 0.29) is 11.8 Å². The van der Waals surface area contributed by atoms with Crippen molar-refractivity contribution in [3.05, 3.63) is 90.5 Å².